The minimum absolute atomic E-state index is 0.0100. The molecule has 2 aliphatic heterocycles. The standard InChI is InChI=1S/C25H31N5O4S/c1-16-23-19(25(31)26-14-21(22-5-4-11-34-22)29-9-2-3-10-29)13-20(17-6-7-17)27-24(23)30(28-16)18-8-12-35(32,33)15-18/h4-5,11,13,17-18,21H,2-3,6-10,12,14-15H2,1H3,(H,26,31)/t18-,21+/m1/s1. The van der Waals surface area contributed by atoms with Gasteiger partial charge in [-0.2, -0.15) is 5.10 Å². The van der Waals surface area contributed by atoms with Crippen LogP contribution in [0.5, 0.6) is 0 Å². The van der Waals surface area contributed by atoms with E-state index in [9.17, 15) is 13.2 Å². The number of nitrogens with one attached hydrogen (secondary N) is 1. The normalized spacial score (nSPS) is 23.2. The van der Waals surface area contributed by atoms with Gasteiger partial charge >= 0.3 is 0 Å². The summed E-state index contributed by atoms with van der Waals surface area (Å²) in [7, 11) is -3.07. The zero-order chi connectivity index (χ0) is 24.2. The van der Waals surface area contributed by atoms with E-state index < -0.39 is 9.84 Å². The molecular weight excluding hydrogens is 466 g/mol. The van der Waals surface area contributed by atoms with Crippen molar-refractivity contribution in [1.82, 2.24) is 25.0 Å². The molecule has 10 heteroatoms. The number of likely N-dealkylation sites (tertiary alicyclic amines) is 1. The number of aromatic nitrogens is 3. The summed E-state index contributed by atoms with van der Waals surface area (Å²) < 4.78 is 31.7. The fourth-order valence-electron chi connectivity index (χ4n) is 5.55. The smallest absolute Gasteiger partial charge is 0.252 e. The van der Waals surface area contributed by atoms with Crippen LogP contribution in [0.15, 0.2) is 28.9 Å². The van der Waals surface area contributed by atoms with Gasteiger partial charge in [0.2, 0.25) is 0 Å². The van der Waals surface area contributed by atoms with Crippen molar-refractivity contribution in [2.75, 3.05) is 31.1 Å². The van der Waals surface area contributed by atoms with Crippen LogP contribution in [0.25, 0.3) is 11.0 Å². The van der Waals surface area contributed by atoms with Gasteiger partial charge in [0.15, 0.2) is 15.5 Å². The maximum Gasteiger partial charge on any atom is 0.252 e. The highest BCUT2D eigenvalue weighted by Crippen LogP contribution is 2.41. The third-order valence-corrected chi connectivity index (χ3v) is 9.31. The number of nitrogens with zero attached hydrogens (tertiary/aromatic N) is 4. The van der Waals surface area contributed by atoms with E-state index in [1.807, 2.05) is 25.1 Å². The molecule has 35 heavy (non-hydrogen) atoms. The average Bonchev–Trinajstić information content (AvgIpc) is 3.22. The summed E-state index contributed by atoms with van der Waals surface area (Å²) in [5.41, 5.74) is 2.79. The summed E-state index contributed by atoms with van der Waals surface area (Å²) in [5.74, 6) is 1.29. The number of carbonyl (C=O) groups is 1. The van der Waals surface area contributed by atoms with Gasteiger partial charge < -0.3 is 9.73 Å². The number of hydrogen-bond acceptors (Lipinski definition) is 7. The van der Waals surface area contributed by atoms with Gasteiger partial charge in [0, 0.05) is 18.2 Å². The highest BCUT2D eigenvalue weighted by molar-refractivity contribution is 7.91. The SMILES string of the molecule is Cc1nn([C@@H]2CCS(=O)(=O)C2)c2nc(C3CC3)cc(C(=O)NC[C@@H](c3ccco3)N3CCCC3)c12. The Morgan fingerprint density at radius 1 is 1.26 bits per heavy atom. The molecule has 186 valence electrons. The third-order valence-electron chi connectivity index (χ3n) is 7.56. The summed E-state index contributed by atoms with van der Waals surface area (Å²) >= 11 is 0. The molecular formula is C25H31N5O4S. The monoisotopic (exact) mass is 497 g/mol. The van der Waals surface area contributed by atoms with Crippen LogP contribution in [-0.4, -0.2) is 65.1 Å². The van der Waals surface area contributed by atoms with Crippen LogP contribution in [0.2, 0.25) is 0 Å². The van der Waals surface area contributed by atoms with Crippen LogP contribution in [-0.2, 0) is 9.84 Å². The molecule has 9 nitrogen and oxygen atoms in total. The highest BCUT2D eigenvalue weighted by atomic mass is 32.2. The molecule has 5 heterocycles. The molecule has 0 bridgehead atoms. The fraction of sp³-hybridized carbons (Fsp3) is 0.560. The van der Waals surface area contributed by atoms with Crippen LogP contribution in [0.3, 0.4) is 0 Å². The molecule has 1 aliphatic carbocycles. The predicted molar refractivity (Wildman–Crippen MR) is 131 cm³/mol. The van der Waals surface area contributed by atoms with Crippen LogP contribution < -0.4 is 5.32 Å². The molecule has 6 rings (SSSR count). The Labute approximate surface area is 204 Å². The minimum atomic E-state index is -3.07. The Kier molecular flexibility index (Phi) is 5.68. The molecule has 0 unspecified atom stereocenters. The number of carbonyl (C=O) groups excluding carboxylic acids is 1. The Hall–Kier alpha value is -2.72. The van der Waals surface area contributed by atoms with Crippen molar-refractivity contribution < 1.29 is 17.6 Å². The Bertz CT molecular complexity index is 1350. The largest absolute Gasteiger partial charge is 0.468 e. The molecule has 2 saturated heterocycles. The van der Waals surface area contributed by atoms with Crippen LogP contribution in [0.1, 0.15) is 77.6 Å². The molecule has 3 fully saturated rings. The Balaban J connectivity index is 1.33. The number of furan rings is 1. The number of hydrogen-bond donors (Lipinski definition) is 1. The second-order valence-electron chi connectivity index (χ2n) is 10.1. The summed E-state index contributed by atoms with van der Waals surface area (Å²) in [6.45, 7) is 4.29. The molecule has 1 N–H and O–H groups in total. The lowest BCUT2D eigenvalue weighted by atomic mass is 10.1. The molecule has 0 spiro atoms. The summed E-state index contributed by atoms with van der Waals surface area (Å²) in [4.78, 5) is 20.9. The minimum Gasteiger partial charge on any atom is -0.468 e. The van der Waals surface area contributed by atoms with E-state index in [0.717, 1.165) is 50.2 Å². The van der Waals surface area contributed by atoms with E-state index in [0.29, 0.717) is 41.2 Å². The Morgan fingerprint density at radius 2 is 2.06 bits per heavy atom. The van der Waals surface area contributed by atoms with Gasteiger partial charge in [-0.25, -0.2) is 18.1 Å². The van der Waals surface area contributed by atoms with Gasteiger partial charge in [0.1, 0.15) is 5.76 Å². The maximum atomic E-state index is 13.6. The number of pyridine rings is 1. The van der Waals surface area contributed by atoms with Crippen LogP contribution in [0, 0.1) is 6.92 Å². The van der Waals surface area contributed by atoms with Crippen molar-refractivity contribution in [3.8, 4) is 0 Å². The van der Waals surface area contributed by atoms with Crippen LogP contribution >= 0.6 is 0 Å². The van der Waals surface area contributed by atoms with Gasteiger partial charge in [0.05, 0.1) is 46.5 Å². The second-order valence-corrected chi connectivity index (χ2v) is 12.4. The van der Waals surface area contributed by atoms with Crippen LogP contribution in [0.4, 0.5) is 0 Å². The predicted octanol–water partition coefficient (Wildman–Crippen LogP) is 3.14. The van der Waals surface area contributed by atoms with Crippen molar-refractivity contribution in [1.29, 1.82) is 0 Å². The summed E-state index contributed by atoms with van der Waals surface area (Å²) in [6, 6.07) is 5.51. The molecule has 0 aromatic carbocycles. The number of sulfone groups is 1. The van der Waals surface area contributed by atoms with Gasteiger partial charge in [-0.15, -0.1) is 0 Å². The van der Waals surface area contributed by atoms with Gasteiger partial charge in [0.25, 0.3) is 5.91 Å². The first kappa shape index (κ1) is 22.7. The van der Waals surface area contributed by atoms with E-state index in [-0.39, 0.29) is 29.5 Å². The van der Waals surface area contributed by atoms with Gasteiger partial charge in [-0.05, 0) is 70.3 Å². The summed E-state index contributed by atoms with van der Waals surface area (Å²) in [6.07, 6.45) is 6.61. The zero-order valence-electron chi connectivity index (χ0n) is 19.9. The first-order valence-corrected chi connectivity index (χ1v) is 14.4. The van der Waals surface area contributed by atoms with E-state index in [1.165, 1.54) is 0 Å². The topological polar surface area (TPSA) is 110 Å². The second kappa shape index (κ2) is 8.74. The highest BCUT2D eigenvalue weighted by Gasteiger charge is 2.34. The molecule has 0 radical (unpaired) electrons. The molecule has 1 saturated carbocycles. The zero-order valence-corrected chi connectivity index (χ0v) is 20.8. The van der Waals surface area contributed by atoms with Crippen molar-refractivity contribution in [3.63, 3.8) is 0 Å². The fourth-order valence-corrected chi connectivity index (χ4v) is 7.24. The quantitative estimate of drug-likeness (QED) is 0.534. The van der Waals surface area contributed by atoms with Gasteiger partial charge in [-0.1, -0.05) is 0 Å². The molecule has 3 aliphatic rings. The number of amides is 1. The lowest BCUT2D eigenvalue weighted by Gasteiger charge is -2.26. The number of aryl methyl sites for hydroxylation is 1. The third kappa shape index (κ3) is 4.38. The van der Waals surface area contributed by atoms with Crippen molar-refractivity contribution >= 4 is 26.8 Å². The molecule has 1 amide bonds. The summed E-state index contributed by atoms with van der Waals surface area (Å²) in [5, 5.41) is 8.56. The molecule has 2 atom stereocenters. The van der Waals surface area contributed by atoms with Crippen molar-refractivity contribution in [2.24, 2.45) is 0 Å². The Morgan fingerprint density at radius 3 is 2.71 bits per heavy atom. The van der Waals surface area contributed by atoms with E-state index in [1.54, 1.807) is 10.9 Å². The molecule has 3 aromatic rings. The van der Waals surface area contributed by atoms with Crippen molar-refractivity contribution in [2.45, 2.75) is 57.0 Å². The lowest BCUT2D eigenvalue weighted by Crippen LogP contribution is -2.36. The lowest BCUT2D eigenvalue weighted by molar-refractivity contribution is 0.0935. The van der Waals surface area contributed by atoms with Gasteiger partial charge in [-0.3, -0.25) is 9.69 Å². The molecule has 3 aromatic heterocycles. The van der Waals surface area contributed by atoms with E-state index in [2.05, 4.69) is 15.3 Å². The first-order chi connectivity index (χ1) is 16.9. The maximum absolute atomic E-state index is 13.6. The number of fused-ring (bicyclic) bond motifs is 1. The van der Waals surface area contributed by atoms with E-state index in [4.69, 9.17) is 9.40 Å². The van der Waals surface area contributed by atoms with E-state index >= 15 is 0 Å². The first-order valence-electron chi connectivity index (χ1n) is 12.6. The average molecular weight is 498 g/mol. The number of rotatable bonds is 7. The van der Waals surface area contributed by atoms with Crippen molar-refractivity contribution in [3.05, 3.63) is 47.2 Å².